The third-order valence-electron chi connectivity index (χ3n) is 2.88. The van der Waals surface area contributed by atoms with E-state index in [1.165, 1.54) is 0 Å². The molecule has 0 saturated carbocycles. The van der Waals surface area contributed by atoms with Crippen molar-refractivity contribution < 1.29 is 19.4 Å². The fourth-order valence-electron chi connectivity index (χ4n) is 1.97. The number of methoxy groups -OCH3 is 1. The van der Waals surface area contributed by atoms with Crippen LogP contribution in [0.1, 0.15) is 18.9 Å². The monoisotopic (exact) mass is 281 g/mol. The lowest BCUT2D eigenvalue weighted by Gasteiger charge is -2.17. The van der Waals surface area contributed by atoms with Gasteiger partial charge in [-0.3, -0.25) is 4.79 Å². The molecule has 0 fully saturated rings. The summed E-state index contributed by atoms with van der Waals surface area (Å²) in [5.41, 5.74) is 1.09. The minimum Gasteiger partial charge on any atom is -0.494 e. The molecule has 20 heavy (non-hydrogen) atoms. The standard InChI is InChI=1S/C15H23NO4/c1-3-20-14-6-4-12(5-7-14)10-13(11-15(17)18)16-8-9-19-2/h4-7,13,16H,3,8-11H2,1-2H3,(H,17,18). The largest absolute Gasteiger partial charge is 0.494 e. The molecule has 0 aliphatic rings. The predicted molar refractivity (Wildman–Crippen MR) is 77.2 cm³/mol. The van der Waals surface area contributed by atoms with Crippen molar-refractivity contribution in [1.82, 2.24) is 5.32 Å². The first kappa shape index (κ1) is 16.5. The smallest absolute Gasteiger partial charge is 0.304 e. The zero-order valence-electron chi connectivity index (χ0n) is 12.1. The molecule has 0 aliphatic carbocycles. The summed E-state index contributed by atoms with van der Waals surface area (Å²) in [5, 5.41) is 12.1. The van der Waals surface area contributed by atoms with Crippen LogP contribution in [0.15, 0.2) is 24.3 Å². The number of hydrogen-bond donors (Lipinski definition) is 2. The molecule has 1 rings (SSSR count). The van der Waals surface area contributed by atoms with Crippen molar-refractivity contribution in [3.05, 3.63) is 29.8 Å². The highest BCUT2D eigenvalue weighted by Gasteiger charge is 2.13. The highest BCUT2D eigenvalue weighted by molar-refractivity contribution is 5.67. The van der Waals surface area contributed by atoms with Gasteiger partial charge < -0.3 is 19.9 Å². The van der Waals surface area contributed by atoms with Gasteiger partial charge >= 0.3 is 5.97 Å². The maximum Gasteiger partial charge on any atom is 0.304 e. The Hall–Kier alpha value is -1.59. The normalized spacial score (nSPS) is 12.1. The summed E-state index contributed by atoms with van der Waals surface area (Å²) in [4.78, 5) is 10.9. The molecular formula is C15H23NO4. The van der Waals surface area contributed by atoms with E-state index in [2.05, 4.69) is 5.32 Å². The van der Waals surface area contributed by atoms with Crippen LogP contribution in [0.3, 0.4) is 0 Å². The summed E-state index contributed by atoms with van der Waals surface area (Å²) in [6.45, 7) is 3.79. The van der Waals surface area contributed by atoms with Crippen molar-refractivity contribution in [1.29, 1.82) is 0 Å². The van der Waals surface area contributed by atoms with Gasteiger partial charge in [0.2, 0.25) is 0 Å². The number of ether oxygens (including phenoxy) is 2. The third-order valence-corrected chi connectivity index (χ3v) is 2.88. The minimum atomic E-state index is -0.800. The average Bonchev–Trinajstić information content (AvgIpc) is 2.41. The number of carboxylic acids is 1. The van der Waals surface area contributed by atoms with Gasteiger partial charge in [-0.25, -0.2) is 0 Å². The molecular weight excluding hydrogens is 258 g/mol. The topological polar surface area (TPSA) is 67.8 Å². The molecule has 5 heteroatoms. The van der Waals surface area contributed by atoms with Crippen molar-refractivity contribution in [3.63, 3.8) is 0 Å². The van der Waals surface area contributed by atoms with Crippen LogP contribution in [0, 0.1) is 0 Å². The van der Waals surface area contributed by atoms with Crippen molar-refractivity contribution in [2.24, 2.45) is 0 Å². The summed E-state index contributed by atoms with van der Waals surface area (Å²) in [7, 11) is 1.63. The molecule has 0 aromatic heterocycles. The Morgan fingerprint density at radius 2 is 2.05 bits per heavy atom. The van der Waals surface area contributed by atoms with Crippen LogP contribution in [0.25, 0.3) is 0 Å². The Morgan fingerprint density at radius 3 is 2.60 bits per heavy atom. The second-order valence-electron chi connectivity index (χ2n) is 4.52. The SMILES string of the molecule is CCOc1ccc(CC(CC(=O)O)NCCOC)cc1. The lowest BCUT2D eigenvalue weighted by molar-refractivity contribution is -0.137. The van der Waals surface area contributed by atoms with Crippen molar-refractivity contribution in [2.45, 2.75) is 25.8 Å². The van der Waals surface area contributed by atoms with Crippen LogP contribution >= 0.6 is 0 Å². The van der Waals surface area contributed by atoms with E-state index in [0.717, 1.165) is 11.3 Å². The molecule has 1 aromatic carbocycles. The van der Waals surface area contributed by atoms with Gasteiger partial charge in [-0.1, -0.05) is 12.1 Å². The van der Waals surface area contributed by atoms with Crippen LogP contribution in [0.2, 0.25) is 0 Å². The average molecular weight is 281 g/mol. The van der Waals surface area contributed by atoms with Crippen molar-refractivity contribution in [3.8, 4) is 5.75 Å². The lowest BCUT2D eigenvalue weighted by atomic mass is 10.0. The van der Waals surface area contributed by atoms with E-state index in [-0.39, 0.29) is 12.5 Å². The lowest BCUT2D eigenvalue weighted by Crippen LogP contribution is -2.35. The van der Waals surface area contributed by atoms with Gasteiger partial charge in [0.05, 0.1) is 19.6 Å². The molecule has 0 aliphatic heterocycles. The molecule has 0 amide bonds. The van der Waals surface area contributed by atoms with Gasteiger partial charge in [-0.15, -0.1) is 0 Å². The summed E-state index contributed by atoms with van der Waals surface area (Å²) < 4.78 is 10.3. The number of carboxylic acid groups (broad SMARTS) is 1. The van der Waals surface area contributed by atoms with E-state index in [1.54, 1.807) is 7.11 Å². The highest BCUT2D eigenvalue weighted by Crippen LogP contribution is 2.14. The van der Waals surface area contributed by atoms with Gasteiger partial charge in [0.1, 0.15) is 5.75 Å². The highest BCUT2D eigenvalue weighted by atomic mass is 16.5. The van der Waals surface area contributed by atoms with E-state index in [9.17, 15) is 4.79 Å². The van der Waals surface area contributed by atoms with Crippen LogP contribution in [0.5, 0.6) is 5.75 Å². The number of hydrogen-bond acceptors (Lipinski definition) is 4. The molecule has 112 valence electrons. The quantitative estimate of drug-likeness (QED) is 0.639. The first-order chi connectivity index (χ1) is 9.65. The van der Waals surface area contributed by atoms with E-state index < -0.39 is 5.97 Å². The summed E-state index contributed by atoms with van der Waals surface area (Å²) in [6.07, 6.45) is 0.763. The van der Waals surface area contributed by atoms with Crippen LogP contribution in [0.4, 0.5) is 0 Å². The Kier molecular flexibility index (Phi) is 7.69. The van der Waals surface area contributed by atoms with Gasteiger partial charge in [0.15, 0.2) is 0 Å². The van der Waals surface area contributed by atoms with Crippen LogP contribution in [-0.4, -0.2) is 44.0 Å². The number of rotatable bonds is 10. The second kappa shape index (κ2) is 9.34. The van der Waals surface area contributed by atoms with E-state index >= 15 is 0 Å². The van der Waals surface area contributed by atoms with Crippen molar-refractivity contribution in [2.75, 3.05) is 26.9 Å². The number of benzene rings is 1. The Labute approximate surface area is 119 Å². The number of nitrogens with one attached hydrogen (secondary N) is 1. The molecule has 0 saturated heterocycles. The molecule has 0 bridgehead atoms. The minimum absolute atomic E-state index is 0.0942. The number of aliphatic carboxylic acids is 1. The van der Waals surface area contributed by atoms with E-state index in [0.29, 0.717) is 26.2 Å². The molecule has 5 nitrogen and oxygen atoms in total. The van der Waals surface area contributed by atoms with E-state index in [1.807, 2.05) is 31.2 Å². The zero-order chi connectivity index (χ0) is 14.8. The Morgan fingerprint density at radius 1 is 1.35 bits per heavy atom. The van der Waals surface area contributed by atoms with Gasteiger partial charge in [0.25, 0.3) is 0 Å². The van der Waals surface area contributed by atoms with E-state index in [4.69, 9.17) is 14.6 Å². The zero-order valence-corrected chi connectivity index (χ0v) is 12.1. The maximum absolute atomic E-state index is 10.9. The first-order valence-electron chi connectivity index (χ1n) is 6.81. The molecule has 2 N–H and O–H groups in total. The number of carbonyl (C=O) groups is 1. The molecule has 0 heterocycles. The summed E-state index contributed by atoms with van der Waals surface area (Å²) in [5.74, 6) is 0.0317. The van der Waals surface area contributed by atoms with Gasteiger partial charge in [-0.05, 0) is 31.0 Å². The maximum atomic E-state index is 10.9. The molecule has 1 atom stereocenters. The van der Waals surface area contributed by atoms with Gasteiger partial charge in [0, 0.05) is 19.7 Å². The Balaban J connectivity index is 2.55. The summed E-state index contributed by atoms with van der Waals surface area (Å²) in [6, 6.07) is 7.66. The molecule has 1 aromatic rings. The van der Waals surface area contributed by atoms with Crippen molar-refractivity contribution >= 4 is 5.97 Å². The summed E-state index contributed by atoms with van der Waals surface area (Å²) >= 11 is 0. The first-order valence-corrected chi connectivity index (χ1v) is 6.81. The van der Waals surface area contributed by atoms with Crippen LogP contribution in [-0.2, 0) is 16.0 Å². The van der Waals surface area contributed by atoms with Gasteiger partial charge in [-0.2, -0.15) is 0 Å². The molecule has 0 spiro atoms. The molecule has 0 radical (unpaired) electrons. The second-order valence-corrected chi connectivity index (χ2v) is 4.52. The predicted octanol–water partition coefficient (Wildman–Crippen LogP) is 1.71. The third kappa shape index (κ3) is 6.54. The fraction of sp³-hybridized carbons (Fsp3) is 0.533. The fourth-order valence-corrected chi connectivity index (χ4v) is 1.97. The Bertz CT molecular complexity index is 391. The van der Waals surface area contributed by atoms with Crippen LogP contribution < -0.4 is 10.1 Å². The molecule has 1 unspecified atom stereocenters.